The number of ether oxygens (including phenoxy) is 3. The molecule has 0 saturated heterocycles. The molecule has 6 nitrogen and oxygen atoms in total. The number of rotatable bonds is 11. The Kier molecular flexibility index (Phi) is 8.72. The molecule has 0 amide bonds. The SMILES string of the molecule is COc1ccc(CCc2ccccc2OC[C@@H](CN(C)C)OC(=O)c2ccccc2O)cc1. The van der Waals surface area contributed by atoms with E-state index in [-0.39, 0.29) is 17.9 Å². The third-order valence-electron chi connectivity index (χ3n) is 5.21. The molecule has 0 heterocycles. The fourth-order valence-electron chi connectivity index (χ4n) is 3.50. The zero-order valence-electron chi connectivity index (χ0n) is 19.4. The number of hydrogen-bond acceptors (Lipinski definition) is 6. The highest BCUT2D eigenvalue weighted by Gasteiger charge is 2.20. The summed E-state index contributed by atoms with van der Waals surface area (Å²) in [5.74, 6) is 0.938. The van der Waals surface area contributed by atoms with Crippen LogP contribution in [-0.4, -0.2) is 56.4 Å². The van der Waals surface area contributed by atoms with Crippen LogP contribution in [0.2, 0.25) is 0 Å². The van der Waals surface area contributed by atoms with Gasteiger partial charge in [0, 0.05) is 6.54 Å². The van der Waals surface area contributed by atoms with Crippen molar-refractivity contribution < 1.29 is 24.1 Å². The maximum atomic E-state index is 12.6. The van der Waals surface area contributed by atoms with Gasteiger partial charge in [-0.2, -0.15) is 0 Å². The van der Waals surface area contributed by atoms with Crippen LogP contribution in [0.4, 0.5) is 0 Å². The van der Waals surface area contributed by atoms with E-state index in [1.807, 2.05) is 55.4 Å². The summed E-state index contributed by atoms with van der Waals surface area (Å²) in [7, 11) is 5.47. The lowest BCUT2D eigenvalue weighted by Gasteiger charge is -2.22. The number of phenolic OH excluding ortho intramolecular Hbond substituents is 1. The van der Waals surface area contributed by atoms with Gasteiger partial charge < -0.3 is 24.2 Å². The van der Waals surface area contributed by atoms with Crippen molar-refractivity contribution in [1.82, 2.24) is 4.90 Å². The lowest BCUT2D eigenvalue weighted by Crippen LogP contribution is -2.35. The second kappa shape index (κ2) is 11.9. The lowest BCUT2D eigenvalue weighted by atomic mass is 10.0. The Labute approximate surface area is 195 Å². The number of nitrogens with zero attached hydrogens (tertiary/aromatic N) is 1. The van der Waals surface area contributed by atoms with Gasteiger partial charge in [-0.1, -0.05) is 42.5 Å². The summed E-state index contributed by atoms with van der Waals surface area (Å²) in [5.41, 5.74) is 2.44. The van der Waals surface area contributed by atoms with Crippen molar-refractivity contribution in [2.75, 3.05) is 34.4 Å². The number of methoxy groups -OCH3 is 1. The smallest absolute Gasteiger partial charge is 0.342 e. The van der Waals surface area contributed by atoms with E-state index in [0.29, 0.717) is 6.54 Å². The molecule has 0 bridgehead atoms. The summed E-state index contributed by atoms with van der Waals surface area (Å²) in [5, 5.41) is 9.95. The van der Waals surface area contributed by atoms with E-state index in [1.165, 1.54) is 11.6 Å². The molecule has 6 heteroatoms. The van der Waals surface area contributed by atoms with Crippen LogP contribution >= 0.6 is 0 Å². The van der Waals surface area contributed by atoms with Crippen LogP contribution in [0, 0.1) is 0 Å². The molecule has 0 aliphatic heterocycles. The molecule has 0 saturated carbocycles. The summed E-state index contributed by atoms with van der Waals surface area (Å²) in [6, 6.07) is 22.3. The molecule has 0 aromatic heterocycles. The van der Waals surface area contributed by atoms with Crippen LogP contribution in [0.5, 0.6) is 17.2 Å². The monoisotopic (exact) mass is 449 g/mol. The molecule has 0 unspecified atom stereocenters. The van der Waals surface area contributed by atoms with Gasteiger partial charge in [0.15, 0.2) is 0 Å². The number of likely N-dealkylation sites (N-methyl/N-ethyl adjacent to an activating group) is 1. The van der Waals surface area contributed by atoms with E-state index >= 15 is 0 Å². The number of hydrogen-bond donors (Lipinski definition) is 1. The minimum Gasteiger partial charge on any atom is -0.507 e. The molecule has 0 spiro atoms. The van der Waals surface area contributed by atoms with E-state index in [1.54, 1.807) is 25.3 Å². The van der Waals surface area contributed by atoms with Crippen LogP contribution < -0.4 is 9.47 Å². The first-order valence-electron chi connectivity index (χ1n) is 10.9. The number of phenols is 1. The van der Waals surface area contributed by atoms with Gasteiger partial charge in [-0.05, 0) is 68.4 Å². The van der Waals surface area contributed by atoms with Crippen LogP contribution in [0.15, 0.2) is 72.8 Å². The third-order valence-corrected chi connectivity index (χ3v) is 5.21. The number of carbonyl (C=O) groups is 1. The van der Waals surface area contributed by atoms with Crippen LogP contribution in [0.1, 0.15) is 21.5 Å². The molecular formula is C27H31NO5. The van der Waals surface area contributed by atoms with Gasteiger partial charge in [0.1, 0.15) is 35.5 Å². The highest BCUT2D eigenvalue weighted by Crippen LogP contribution is 2.22. The fraction of sp³-hybridized carbons (Fsp3) is 0.296. The summed E-state index contributed by atoms with van der Waals surface area (Å²) >= 11 is 0. The van der Waals surface area contributed by atoms with E-state index < -0.39 is 12.1 Å². The molecule has 0 fully saturated rings. The Hall–Kier alpha value is -3.51. The molecule has 3 aromatic carbocycles. The summed E-state index contributed by atoms with van der Waals surface area (Å²) in [6.07, 6.45) is 1.19. The second-order valence-corrected chi connectivity index (χ2v) is 8.07. The van der Waals surface area contributed by atoms with E-state index in [2.05, 4.69) is 12.1 Å². The molecule has 33 heavy (non-hydrogen) atoms. The first kappa shape index (κ1) is 24.1. The van der Waals surface area contributed by atoms with E-state index in [9.17, 15) is 9.90 Å². The molecule has 0 aliphatic carbocycles. The summed E-state index contributed by atoms with van der Waals surface area (Å²) in [4.78, 5) is 14.5. The predicted octanol–water partition coefficient (Wildman–Crippen LogP) is 4.35. The van der Waals surface area contributed by atoms with Gasteiger partial charge in [-0.3, -0.25) is 0 Å². The fourth-order valence-corrected chi connectivity index (χ4v) is 3.50. The van der Waals surface area contributed by atoms with Crippen molar-refractivity contribution in [3.8, 4) is 17.2 Å². The zero-order chi connectivity index (χ0) is 23.6. The maximum Gasteiger partial charge on any atom is 0.342 e. The van der Waals surface area contributed by atoms with Crippen LogP contribution in [0.3, 0.4) is 0 Å². The second-order valence-electron chi connectivity index (χ2n) is 8.07. The van der Waals surface area contributed by atoms with Gasteiger partial charge in [-0.15, -0.1) is 0 Å². The molecule has 174 valence electrons. The third kappa shape index (κ3) is 7.26. The molecule has 3 rings (SSSR count). The minimum atomic E-state index is -0.573. The van der Waals surface area contributed by atoms with Gasteiger partial charge in [0.05, 0.1) is 7.11 Å². The standard InChI is InChI=1S/C27H31NO5/c1-28(2)18-23(33-27(30)24-9-5-6-10-25(24)29)19-32-26-11-7-4-8-21(26)15-12-20-13-16-22(31-3)17-14-20/h4-11,13-14,16-17,23,29H,12,15,18-19H2,1-3H3/t23-/m1/s1. The predicted molar refractivity (Wildman–Crippen MR) is 128 cm³/mol. The van der Waals surface area contributed by atoms with E-state index in [4.69, 9.17) is 14.2 Å². The molecule has 1 N–H and O–H groups in total. The lowest BCUT2D eigenvalue weighted by molar-refractivity contribution is 0.0100. The molecule has 0 aliphatic rings. The largest absolute Gasteiger partial charge is 0.507 e. The van der Waals surface area contributed by atoms with Crippen molar-refractivity contribution in [2.45, 2.75) is 18.9 Å². The number of para-hydroxylation sites is 2. The van der Waals surface area contributed by atoms with Gasteiger partial charge in [0.25, 0.3) is 0 Å². The van der Waals surface area contributed by atoms with Crippen LogP contribution in [-0.2, 0) is 17.6 Å². The Bertz CT molecular complexity index is 1030. The molecule has 0 radical (unpaired) electrons. The Morgan fingerprint density at radius 3 is 2.33 bits per heavy atom. The Morgan fingerprint density at radius 1 is 0.939 bits per heavy atom. The average molecular weight is 450 g/mol. The zero-order valence-corrected chi connectivity index (χ0v) is 19.4. The number of aryl methyl sites for hydroxylation is 2. The Morgan fingerprint density at radius 2 is 1.64 bits per heavy atom. The molecule has 3 aromatic rings. The highest BCUT2D eigenvalue weighted by atomic mass is 16.6. The van der Waals surface area contributed by atoms with Gasteiger partial charge in [0.2, 0.25) is 0 Å². The topological polar surface area (TPSA) is 68.2 Å². The van der Waals surface area contributed by atoms with Crippen molar-refractivity contribution in [3.05, 3.63) is 89.5 Å². The van der Waals surface area contributed by atoms with Gasteiger partial charge >= 0.3 is 5.97 Å². The minimum absolute atomic E-state index is 0.101. The highest BCUT2D eigenvalue weighted by molar-refractivity contribution is 5.92. The van der Waals surface area contributed by atoms with Crippen molar-refractivity contribution in [1.29, 1.82) is 0 Å². The first-order chi connectivity index (χ1) is 16.0. The number of benzene rings is 3. The number of aromatic hydroxyl groups is 1. The van der Waals surface area contributed by atoms with Crippen LogP contribution in [0.25, 0.3) is 0 Å². The summed E-state index contributed by atoms with van der Waals surface area (Å²) in [6.45, 7) is 0.699. The summed E-state index contributed by atoms with van der Waals surface area (Å²) < 4.78 is 17.0. The number of carbonyl (C=O) groups excluding carboxylic acids is 1. The maximum absolute atomic E-state index is 12.6. The van der Waals surface area contributed by atoms with E-state index in [0.717, 1.165) is 29.9 Å². The molecular weight excluding hydrogens is 418 g/mol. The quantitative estimate of drug-likeness (QED) is 0.439. The Balaban J connectivity index is 1.64. The average Bonchev–Trinajstić information content (AvgIpc) is 2.82. The first-order valence-corrected chi connectivity index (χ1v) is 10.9. The van der Waals surface area contributed by atoms with Crippen molar-refractivity contribution in [3.63, 3.8) is 0 Å². The van der Waals surface area contributed by atoms with Crippen molar-refractivity contribution in [2.24, 2.45) is 0 Å². The normalized spacial score (nSPS) is 11.8. The van der Waals surface area contributed by atoms with Gasteiger partial charge in [-0.25, -0.2) is 4.79 Å². The van der Waals surface area contributed by atoms with Crippen molar-refractivity contribution >= 4 is 5.97 Å². The molecule has 1 atom stereocenters. The number of esters is 1.